The van der Waals surface area contributed by atoms with Gasteiger partial charge in [0.15, 0.2) is 0 Å². The summed E-state index contributed by atoms with van der Waals surface area (Å²) in [7, 11) is 2.92. The molecule has 0 spiro atoms. The number of fused-ring (bicyclic) bond motifs is 1. The Hall–Kier alpha value is -5.13. The van der Waals surface area contributed by atoms with E-state index in [0.29, 0.717) is 29.9 Å². The molecular weight excluding hydrogens is 655 g/mol. The number of ether oxygens (including phenoxy) is 2. The maximum absolute atomic E-state index is 14.5. The number of carbonyl (C=O) groups is 3. The largest absolute Gasteiger partial charge is 0.495 e. The Morgan fingerprint density at radius 2 is 1.73 bits per heavy atom. The molecule has 1 aliphatic heterocycles. The fourth-order valence-electron chi connectivity index (χ4n) is 5.25. The lowest BCUT2D eigenvalue weighted by atomic mass is 10.0. The van der Waals surface area contributed by atoms with E-state index in [4.69, 9.17) is 37.7 Å². The van der Waals surface area contributed by atoms with Crippen molar-refractivity contribution in [3.05, 3.63) is 106 Å². The minimum absolute atomic E-state index is 0.0515. The number of carbonyl (C=O) groups excluding carboxylic acids is 3. The van der Waals surface area contributed by atoms with Crippen molar-refractivity contribution in [2.75, 3.05) is 29.3 Å². The highest BCUT2D eigenvalue weighted by Crippen LogP contribution is 2.48. The van der Waals surface area contributed by atoms with Crippen LogP contribution in [0.5, 0.6) is 11.5 Å². The van der Waals surface area contributed by atoms with Gasteiger partial charge in [-0.15, -0.1) is 0 Å². The number of hydrogen-bond acceptors (Lipinski definition) is 8. The van der Waals surface area contributed by atoms with Crippen molar-refractivity contribution in [1.82, 2.24) is 15.3 Å². The number of nitrogens with zero attached hydrogens (tertiary/aromatic N) is 4. The number of methoxy groups -OCH3 is 2. The van der Waals surface area contributed by atoms with Gasteiger partial charge in [0, 0.05) is 42.9 Å². The number of rotatable bonds is 13. The standard InChI is InChI=1S/C35H34Cl2N6O5/c1-5-25(44)15-21-10-9-11-22(14-21)19-43-33-24(20-42(35(43)46)32-30(36)27(47-3)16-28(48-4)31(32)37)18-39-34(41-33)40-26-13-8-7-12-23(26)17-38-29(45)6-2/h6-14,16,18H,2,5,15,17,19-20H2,1,3-4H3,(H,38,45)(H,39,40,41). The monoisotopic (exact) mass is 688 g/mol. The minimum atomic E-state index is -0.450. The van der Waals surface area contributed by atoms with Crippen molar-refractivity contribution < 1.29 is 23.9 Å². The maximum atomic E-state index is 14.5. The molecule has 0 unspecified atom stereocenters. The van der Waals surface area contributed by atoms with Gasteiger partial charge >= 0.3 is 6.03 Å². The predicted octanol–water partition coefficient (Wildman–Crippen LogP) is 7.01. The molecule has 1 aromatic heterocycles. The lowest BCUT2D eigenvalue weighted by Gasteiger charge is -2.37. The Bertz CT molecular complexity index is 1860. The predicted molar refractivity (Wildman–Crippen MR) is 187 cm³/mol. The second-order valence-electron chi connectivity index (χ2n) is 10.8. The number of nitrogens with one attached hydrogen (secondary N) is 2. The fraction of sp³-hybridized carbons (Fsp3) is 0.229. The number of hydrogen-bond donors (Lipinski definition) is 2. The average Bonchev–Trinajstić information content (AvgIpc) is 3.09. The SMILES string of the molecule is C=CC(=O)NCc1ccccc1Nc1ncc2c(n1)N(Cc1cccc(CC(=O)CC)c1)C(=O)N(c1c(Cl)c(OC)cc(OC)c1Cl)C2. The van der Waals surface area contributed by atoms with E-state index in [2.05, 4.69) is 22.2 Å². The summed E-state index contributed by atoms with van der Waals surface area (Å²) in [6.45, 7) is 5.74. The number of para-hydroxylation sites is 1. The van der Waals surface area contributed by atoms with E-state index in [0.717, 1.165) is 16.7 Å². The highest BCUT2D eigenvalue weighted by molar-refractivity contribution is 6.42. The second-order valence-corrected chi connectivity index (χ2v) is 11.6. The molecule has 2 heterocycles. The Morgan fingerprint density at radius 3 is 2.42 bits per heavy atom. The maximum Gasteiger partial charge on any atom is 0.330 e. The summed E-state index contributed by atoms with van der Waals surface area (Å²) in [5.41, 5.74) is 3.94. The van der Waals surface area contributed by atoms with Gasteiger partial charge in [-0.1, -0.05) is 79.2 Å². The van der Waals surface area contributed by atoms with Gasteiger partial charge in [-0.3, -0.25) is 19.4 Å². The Labute approximate surface area is 288 Å². The Balaban J connectivity index is 1.57. The van der Waals surface area contributed by atoms with Crippen molar-refractivity contribution in [2.45, 2.75) is 39.4 Å². The smallest absolute Gasteiger partial charge is 0.330 e. The molecule has 0 atom stereocenters. The molecule has 5 rings (SSSR count). The molecule has 0 fully saturated rings. The number of amides is 3. The van der Waals surface area contributed by atoms with Crippen LogP contribution < -0.4 is 29.9 Å². The van der Waals surface area contributed by atoms with Gasteiger partial charge in [0.1, 0.15) is 33.1 Å². The molecule has 3 aromatic carbocycles. The zero-order valence-electron chi connectivity index (χ0n) is 26.7. The topological polar surface area (TPSA) is 126 Å². The van der Waals surface area contributed by atoms with Gasteiger partial charge in [-0.2, -0.15) is 4.98 Å². The summed E-state index contributed by atoms with van der Waals surface area (Å²) in [5, 5.41) is 6.28. The van der Waals surface area contributed by atoms with Crippen LogP contribution >= 0.6 is 23.2 Å². The summed E-state index contributed by atoms with van der Waals surface area (Å²) in [5.74, 6) is 0.995. The molecule has 0 bridgehead atoms. The van der Waals surface area contributed by atoms with Crippen LogP contribution in [0.4, 0.5) is 27.9 Å². The summed E-state index contributed by atoms with van der Waals surface area (Å²) in [6, 6.07) is 16.0. The van der Waals surface area contributed by atoms with Crippen LogP contribution in [-0.2, 0) is 35.6 Å². The molecule has 48 heavy (non-hydrogen) atoms. The third kappa shape index (κ3) is 7.37. The number of aromatic nitrogens is 2. The highest BCUT2D eigenvalue weighted by Gasteiger charge is 2.37. The number of halogens is 2. The molecule has 11 nitrogen and oxygen atoms in total. The molecule has 248 valence electrons. The van der Waals surface area contributed by atoms with Crippen LogP contribution in [0.2, 0.25) is 10.0 Å². The molecule has 0 aliphatic carbocycles. The lowest BCUT2D eigenvalue weighted by molar-refractivity contribution is -0.118. The summed E-state index contributed by atoms with van der Waals surface area (Å²) in [4.78, 5) is 50.8. The first-order chi connectivity index (χ1) is 23.2. The first kappa shape index (κ1) is 34.2. The van der Waals surface area contributed by atoms with E-state index in [9.17, 15) is 14.4 Å². The highest BCUT2D eigenvalue weighted by atomic mass is 35.5. The number of urea groups is 1. The first-order valence-electron chi connectivity index (χ1n) is 15.1. The molecule has 1 aliphatic rings. The molecular formula is C35H34Cl2N6O5. The van der Waals surface area contributed by atoms with E-state index in [1.165, 1.54) is 30.1 Å². The number of benzene rings is 3. The van der Waals surface area contributed by atoms with Crippen LogP contribution in [0.25, 0.3) is 0 Å². The fourth-order valence-corrected chi connectivity index (χ4v) is 5.95. The molecule has 4 aromatic rings. The first-order valence-corrected chi connectivity index (χ1v) is 15.8. The number of Topliss-reactive ketones (excluding diaryl/α,β-unsaturated/α-hetero) is 1. The summed E-state index contributed by atoms with van der Waals surface area (Å²) >= 11 is 13.5. The van der Waals surface area contributed by atoms with E-state index < -0.39 is 6.03 Å². The van der Waals surface area contributed by atoms with Gasteiger partial charge < -0.3 is 20.1 Å². The van der Waals surface area contributed by atoms with Crippen LogP contribution in [-0.4, -0.2) is 41.9 Å². The molecule has 0 radical (unpaired) electrons. The number of ketones is 1. The molecule has 3 amide bonds. The van der Waals surface area contributed by atoms with Crippen molar-refractivity contribution in [3.63, 3.8) is 0 Å². The van der Waals surface area contributed by atoms with Crippen LogP contribution in [0.1, 0.15) is 35.6 Å². The van der Waals surface area contributed by atoms with E-state index >= 15 is 0 Å². The molecule has 0 saturated heterocycles. The third-order valence-corrected chi connectivity index (χ3v) is 8.47. The normalized spacial score (nSPS) is 12.3. The zero-order valence-corrected chi connectivity index (χ0v) is 28.2. The van der Waals surface area contributed by atoms with Crippen molar-refractivity contribution in [1.29, 1.82) is 0 Å². The molecule has 13 heteroatoms. The van der Waals surface area contributed by atoms with E-state index in [1.54, 1.807) is 12.3 Å². The summed E-state index contributed by atoms with van der Waals surface area (Å²) in [6.07, 6.45) is 3.56. The lowest BCUT2D eigenvalue weighted by Crippen LogP contribution is -2.48. The van der Waals surface area contributed by atoms with Gasteiger partial charge in [-0.05, 0) is 28.8 Å². The van der Waals surface area contributed by atoms with Crippen molar-refractivity contribution in [3.8, 4) is 11.5 Å². The second kappa shape index (κ2) is 15.2. The zero-order chi connectivity index (χ0) is 34.4. The third-order valence-electron chi connectivity index (χ3n) is 7.74. The average molecular weight is 690 g/mol. The van der Waals surface area contributed by atoms with Crippen LogP contribution in [0, 0.1) is 0 Å². The van der Waals surface area contributed by atoms with Crippen molar-refractivity contribution in [2.24, 2.45) is 0 Å². The van der Waals surface area contributed by atoms with Crippen LogP contribution in [0.15, 0.2) is 73.4 Å². The summed E-state index contributed by atoms with van der Waals surface area (Å²) < 4.78 is 10.9. The molecule has 0 saturated carbocycles. The van der Waals surface area contributed by atoms with Gasteiger partial charge in [0.2, 0.25) is 11.9 Å². The van der Waals surface area contributed by atoms with E-state index in [-0.39, 0.29) is 64.5 Å². The Morgan fingerprint density at radius 1 is 1.02 bits per heavy atom. The van der Waals surface area contributed by atoms with E-state index in [1.807, 2.05) is 55.5 Å². The minimum Gasteiger partial charge on any atom is -0.495 e. The van der Waals surface area contributed by atoms with Crippen molar-refractivity contribution >= 4 is 64.1 Å². The number of anilines is 4. The quantitative estimate of drug-likeness (QED) is 0.144. The van der Waals surface area contributed by atoms with Crippen LogP contribution in [0.3, 0.4) is 0 Å². The van der Waals surface area contributed by atoms with Gasteiger partial charge in [-0.25, -0.2) is 9.78 Å². The van der Waals surface area contributed by atoms with Gasteiger partial charge in [0.25, 0.3) is 0 Å². The Kier molecular flexibility index (Phi) is 10.8. The van der Waals surface area contributed by atoms with Gasteiger partial charge in [0.05, 0.1) is 33.0 Å². The molecule has 2 N–H and O–H groups in total.